The van der Waals surface area contributed by atoms with E-state index in [1.807, 2.05) is 28.8 Å². The van der Waals surface area contributed by atoms with Gasteiger partial charge in [0, 0.05) is 25.2 Å². The molecule has 142 valence electrons. The number of morpholine rings is 1. The maximum Gasteiger partial charge on any atom is 0.329 e. The molecule has 1 N–H and O–H groups in total. The summed E-state index contributed by atoms with van der Waals surface area (Å²) in [6, 6.07) is 7.51. The Morgan fingerprint density at radius 2 is 1.93 bits per heavy atom. The third-order valence-corrected chi connectivity index (χ3v) is 5.21. The largest absolute Gasteiger partial charge is 0.379 e. The number of hydrogen-bond acceptors (Lipinski definition) is 5. The quantitative estimate of drug-likeness (QED) is 0.718. The SMILES string of the molecule is Cn1c(=O)[nH]c(=O)c2c1nc(CN1CCOCC1)n2Cc1ccccc1Cl. The van der Waals surface area contributed by atoms with Gasteiger partial charge < -0.3 is 9.30 Å². The molecule has 0 bridgehead atoms. The molecule has 0 atom stereocenters. The van der Waals surface area contributed by atoms with Crippen LogP contribution in [0.4, 0.5) is 0 Å². The van der Waals surface area contributed by atoms with Crippen LogP contribution >= 0.6 is 11.6 Å². The fraction of sp³-hybridized carbons (Fsp3) is 0.389. The fourth-order valence-electron chi connectivity index (χ4n) is 3.33. The van der Waals surface area contributed by atoms with Crippen molar-refractivity contribution < 1.29 is 4.74 Å². The summed E-state index contributed by atoms with van der Waals surface area (Å²) in [5.74, 6) is 0.721. The van der Waals surface area contributed by atoms with Crippen molar-refractivity contribution in [2.24, 2.45) is 7.05 Å². The second-order valence-corrected chi connectivity index (χ2v) is 6.99. The van der Waals surface area contributed by atoms with Gasteiger partial charge in [0.05, 0.1) is 26.3 Å². The summed E-state index contributed by atoms with van der Waals surface area (Å²) >= 11 is 6.33. The Kier molecular flexibility index (Phi) is 4.86. The van der Waals surface area contributed by atoms with Gasteiger partial charge in [0.15, 0.2) is 11.2 Å². The van der Waals surface area contributed by atoms with Crippen molar-refractivity contribution in [3.8, 4) is 0 Å². The van der Waals surface area contributed by atoms with E-state index in [1.54, 1.807) is 7.05 Å². The zero-order chi connectivity index (χ0) is 19.0. The number of rotatable bonds is 4. The highest BCUT2D eigenvalue weighted by Crippen LogP contribution is 2.20. The third-order valence-electron chi connectivity index (χ3n) is 4.84. The second-order valence-electron chi connectivity index (χ2n) is 6.58. The molecule has 1 aliphatic rings. The second kappa shape index (κ2) is 7.30. The van der Waals surface area contributed by atoms with Gasteiger partial charge in [-0.1, -0.05) is 29.8 Å². The molecule has 0 radical (unpaired) electrons. The number of fused-ring (bicyclic) bond motifs is 1. The van der Waals surface area contributed by atoms with E-state index in [-0.39, 0.29) is 0 Å². The van der Waals surface area contributed by atoms with Gasteiger partial charge in [0.25, 0.3) is 5.56 Å². The van der Waals surface area contributed by atoms with Crippen molar-refractivity contribution >= 4 is 22.8 Å². The first-order valence-corrected chi connectivity index (χ1v) is 9.14. The summed E-state index contributed by atoms with van der Waals surface area (Å²) in [7, 11) is 1.60. The smallest absolute Gasteiger partial charge is 0.329 e. The molecule has 2 aromatic heterocycles. The summed E-state index contributed by atoms with van der Waals surface area (Å²) in [6.07, 6.45) is 0. The summed E-state index contributed by atoms with van der Waals surface area (Å²) in [5.41, 5.74) is 0.711. The number of aryl methyl sites for hydroxylation is 1. The highest BCUT2D eigenvalue weighted by Gasteiger charge is 2.21. The minimum atomic E-state index is -0.479. The van der Waals surface area contributed by atoms with Crippen LogP contribution in [-0.2, 0) is 24.9 Å². The molecule has 1 fully saturated rings. The summed E-state index contributed by atoms with van der Waals surface area (Å²) < 4.78 is 8.62. The molecule has 0 amide bonds. The summed E-state index contributed by atoms with van der Waals surface area (Å²) in [4.78, 5) is 33.8. The van der Waals surface area contributed by atoms with Gasteiger partial charge in [0.2, 0.25) is 0 Å². The van der Waals surface area contributed by atoms with E-state index >= 15 is 0 Å². The Morgan fingerprint density at radius 1 is 1.19 bits per heavy atom. The van der Waals surface area contributed by atoms with E-state index in [1.165, 1.54) is 4.57 Å². The average molecular weight is 390 g/mol. The Balaban J connectivity index is 1.86. The first kappa shape index (κ1) is 18.0. The maximum atomic E-state index is 12.6. The van der Waals surface area contributed by atoms with Crippen LogP contribution in [0.3, 0.4) is 0 Å². The van der Waals surface area contributed by atoms with Crippen LogP contribution in [0.5, 0.6) is 0 Å². The van der Waals surface area contributed by atoms with Crippen LogP contribution in [0.25, 0.3) is 11.2 Å². The number of nitrogens with zero attached hydrogens (tertiary/aromatic N) is 4. The highest BCUT2D eigenvalue weighted by atomic mass is 35.5. The molecule has 3 heterocycles. The molecular weight excluding hydrogens is 370 g/mol. The van der Waals surface area contributed by atoms with E-state index in [0.717, 1.165) is 24.5 Å². The number of aromatic nitrogens is 4. The lowest BCUT2D eigenvalue weighted by Crippen LogP contribution is -2.36. The Hall–Kier alpha value is -2.42. The van der Waals surface area contributed by atoms with Crippen LogP contribution in [0, 0.1) is 0 Å². The molecular formula is C18H20ClN5O3. The number of ether oxygens (including phenoxy) is 1. The number of imidazole rings is 1. The molecule has 0 unspecified atom stereocenters. The molecule has 8 nitrogen and oxygen atoms in total. The van der Waals surface area contributed by atoms with Gasteiger partial charge in [-0.25, -0.2) is 9.78 Å². The number of nitrogens with one attached hydrogen (secondary N) is 1. The standard InChI is InChI=1S/C18H20ClN5O3/c1-22-16-15(17(25)21-18(22)26)24(10-12-4-2-3-5-13(12)19)14(20-16)11-23-6-8-27-9-7-23/h2-5H,6-11H2,1H3,(H,21,25,26). The molecule has 0 saturated carbocycles. The van der Waals surface area contributed by atoms with Gasteiger partial charge in [-0.15, -0.1) is 0 Å². The number of hydrogen-bond donors (Lipinski definition) is 1. The van der Waals surface area contributed by atoms with Crippen LogP contribution in [0.15, 0.2) is 33.9 Å². The Bertz CT molecular complexity index is 1090. The van der Waals surface area contributed by atoms with E-state index < -0.39 is 11.2 Å². The van der Waals surface area contributed by atoms with Crippen LogP contribution < -0.4 is 11.2 Å². The molecule has 1 aromatic carbocycles. The third kappa shape index (κ3) is 3.43. The maximum absolute atomic E-state index is 12.6. The van der Waals surface area contributed by atoms with Crippen molar-refractivity contribution in [1.29, 1.82) is 0 Å². The van der Waals surface area contributed by atoms with Crippen molar-refractivity contribution in [2.45, 2.75) is 13.1 Å². The molecule has 0 aliphatic carbocycles. The molecule has 0 spiro atoms. The molecule has 3 aromatic rings. The van der Waals surface area contributed by atoms with E-state index in [0.29, 0.717) is 42.5 Å². The lowest BCUT2D eigenvalue weighted by atomic mass is 10.2. The molecule has 9 heteroatoms. The van der Waals surface area contributed by atoms with Crippen molar-refractivity contribution in [2.75, 3.05) is 26.3 Å². The number of aromatic amines is 1. The summed E-state index contributed by atoms with van der Waals surface area (Å²) in [6.45, 7) is 3.90. The highest BCUT2D eigenvalue weighted by molar-refractivity contribution is 6.31. The zero-order valence-corrected chi connectivity index (χ0v) is 15.7. The minimum Gasteiger partial charge on any atom is -0.379 e. The lowest BCUT2D eigenvalue weighted by molar-refractivity contribution is 0.0327. The molecule has 1 aliphatic heterocycles. The van der Waals surface area contributed by atoms with Crippen LogP contribution in [0.1, 0.15) is 11.4 Å². The predicted octanol–water partition coefficient (Wildman–Crippen LogP) is 0.957. The number of halogens is 1. The summed E-state index contributed by atoms with van der Waals surface area (Å²) in [5, 5.41) is 0.623. The average Bonchev–Trinajstić information content (AvgIpc) is 3.01. The first-order chi connectivity index (χ1) is 13.0. The van der Waals surface area contributed by atoms with Gasteiger partial charge in [-0.3, -0.25) is 19.2 Å². The van der Waals surface area contributed by atoms with Crippen LogP contribution in [-0.4, -0.2) is 50.3 Å². The van der Waals surface area contributed by atoms with Gasteiger partial charge in [0.1, 0.15) is 5.82 Å². The van der Waals surface area contributed by atoms with E-state index in [2.05, 4.69) is 14.9 Å². The predicted molar refractivity (Wildman–Crippen MR) is 102 cm³/mol. The number of H-pyrrole nitrogens is 1. The van der Waals surface area contributed by atoms with Crippen molar-refractivity contribution in [3.05, 3.63) is 61.5 Å². The van der Waals surface area contributed by atoms with Gasteiger partial charge >= 0.3 is 5.69 Å². The van der Waals surface area contributed by atoms with E-state index in [9.17, 15) is 9.59 Å². The topological polar surface area (TPSA) is 85.2 Å². The Morgan fingerprint density at radius 3 is 2.67 bits per heavy atom. The normalized spacial score (nSPS) is 15.5. The first-order valence-electron chi connectivity index (χ1n) is 8.76. The minimum absolute atomic E-state index is 0.374. The molecule has 4 rings (SSSR count). The fourth-order valence-corrected chi connectivity index (χ4v) is 3.52. The van der Waals surface area contributed by atoms with Gasteiger partial charge in [-0.2, -0.15) is 0 Å². The van der Waals surface area contributed by atoms with Gasteiger partial charge in [-0.05, 0) is 11.6 Å². The molecule has 27 heavy (non-hydrogen) atoms. The zero-order valence-electron chi connectivity index (χ0n) is 14.9. The number of benzene rings is 1. The van der Waals surface area contributed by atoms with Crippen LogP contribution in [0.2, 0.25) is 5.02 Å². The van der Waals surface area contributed by atoms with Crippen molar-refractivity contribution in [3.63, 3.8) is 0 Å². The Labute approximate surface area is 160 Å². The lowest BCUT2D eigenvalue weighted by Gasteiger charge is -2.26. The van der Waals surface area contributed by atoms with E-state index in [4.69, 9.17) is 16.3 Å². The molecule has 1 saturated heterocycles. The monoisotopic (exact) mass is 389 g/mol. The van der Waals surface area contributed by atoms with Crippen molar-refractivity contribution in [1.82, 2.24) is 24.0 Å².